The van der Waals surface area contributed by atoms with E-state index in [9.17, 15) is 15.3 Å². The van der Waals surface area contributed by atoms with E-state index in [1.165, 1.54) is 0 Å². The Bertz CT molecular complexity index is 563. The monoisotopic (exact) mass is 435 g/mol. The van der Waals surface area contributed by atoms with Crippen LogP contribution in [0.3, 0.4) is 0 Å². The van der Waals surface area contributed by atoms with E-state index in [0.29, 0.717) is 13.0 Å². The highest BCUT2D eigenvalue weighted by atomic mass is 16.7. The summed E-state index contributed by atoms with van der Waals surface area (Å²) in [7, 11) is 0. The van der Waals surface area contributed by atoms with Crippen LogP contribution in [0.1, 0.15) is 26.2 Å². The lowest BCUT2D eigenvalue weighted by Gasteiger charge is -2.47. The number of aliphatic hydroxyl groups excluding tert-OH is 3. The molecule has 1 saturated carbocycles. The highest BCUT2D eigenvalue weighted by molar-refractivity contribution is 5.00. The fourth-order valence-corrected chi connectivity index (χ4v) is 4.26. The van der Waals surface area contributed by atoms with E-state index in [1.807, 2.05) is 0 Å². The molecule has 176 valence electrons. The van der Waals surface area contributed by atoms with E-state index >= 15 is 0 Å². The molecule has 0 aromatic rings. The Morgan fingerprint density at radius 3 is 2.13 bits per heavy atom. The number of aliphatic hydroxyl groups is 3. The number of hydrogen-bond donors (Lipinski definition) is 8. The van der Waals surface area contributed by atoms with Gasteiger partial charge in [0.2, 0.25) is 0 Å². The molecule has 0 bridgehead atoms. The van der Waals surface area contributed by atoms with Crippen LogP contribution in [-0.2, 0) is 18.9 Å². The first-order valence-electron chi connectivity index (χ1n) is 10.5. The summed E-state index contributed by atoms with van der Waals surface area (Å²) in [6, 6.07) is -2.44. The summed E-state index contributed by atoms with van der Waals surface area (Å²) in [4.78, 5) is 0. The van der Waals surface area contributed by atoms with E-state index in [-0.39, 0.29) is 12.5 Å². The van der Waals surface area contributed by atoms with Crippen LogP contribution in [0.15, 0.2) is 0 Å². The van der Waals surface area contributed by atoms with Crippen LogP contribution in [0.2, 0.25) is 0 Å². The molecule has 0 aromatic heterocycles. The normalized spacial score (nSPS) is 52.9. The second-order valence-electron chi connectivity index (χ2n) is 8.63. The maximum absolute atomic E-state index is 10.7. The zero-order chi connectivity index (χ0) is 22.2. The van der Waals surface area contributed by atoms with Crippen LogP contribution >= 0.6 is 0 Å². The van der Waals surface area contributed by atoms with Crippen molar-refractivity contribution >= 4 is 0 Å². The Morgan fingerprint density at radius 2 is 1.47 bits per heavy atom. The lowest BCUT2D eigenvalue weighted by molar-refractivity contribution is -0.321. The summed E-state index contributed by atoms with van der Waals surface area (Å²) in [5.41, 5.74) is 30.0. The quantitative estimate of drug-likeness (QED) is 0.205. The predicted octanol–water partition coefficient (Wildman–Crippen LogP) is -4.24. The van der Waals surface area contributed by atoms with Crippen LogP contribution < -0.4 is 28.7 Å². The topological polar surface area (TPSA) is 228 Å². The van der Waals surface area contributed by atoms with Crippen LogP contribution in [0, 0.1) is 0 Å². The Kier molecular flexibility index (Phi) is 8.04. The minimum Gasteiger partial charge on any atom is -0.389 e. The third-order valence-electron chi connectivity index (χ3n) is 6.32. The van der Waals surface area contributed by atoms with E-state index < -0.39 is 73.4 Å². The molecule has 3 aliphatic rings. The molecule has 12 nitrogen and oxygen atoms in total. The van der Waals surface area contributed by atoms with Crippen molar-refractivity contribution in [2.24, 2.45) is 28.7 Å². The van der Waals surface area contributed by atoms with Crippen LogP contribution in [0.4, 0.5) is 0 Å². The summed E-state index contributed by atoms with van der Waals surface area (Å²) in [6.07, 6.45) is -6.88. The van der Waals surface area contributed by atoms with Gasteiger partial charge in [-0.3, -0.25) is 0 Å². The zero-order valence-corrected chi connectivity index (χ0v) is 17.2. The number of nitrogens with two attached hydrogens (primary N) is 5. The number of ether oxygens (including phenoxy) is 4. The van der Waals surface area contributed by atoms with Gasteiger partial charge in [0.15, 0.2) is 12.6 Å². The number of hydrogen-bond acceptors (Lipinski definition) is 12. The maximum atomic E-state index is 10.7. The molecular formula is C18H37N5O7. The van der Waals surface area contributed by atoms with Gasteiger partial charge in [-0.25, -0.2) is 0 Å². The minimum atomic E-state index is -1.42. The summed E-state index contributed by atoms with van der Waals surface area (Å²) >= 11 is 0. The minimum absolute atomic E-state index is 0.192. The van der Waals surface area contributed by atoms with Gasteiger partial charge >= 0.3 is 0 Å². The van der Waals surface area contributed by atoms with E-state index in [2.05, 4.69) is 0 Å². The SMILES string of the molecule is CC1O[C@@H](O[C@@H]2C(O)C(N)CC(N)C2O[C@H]2OC(CN)CCC2N)C(O)C(O)[C@@H]1N. The van der Waals surface area contributed by atoms with Gasteiger partial charge in [-0.2, -0.15) is 0 Å². The van der Waals surface area contributed by atoms with Crippen LogP contribution in [-0.4, -0.2) is 101 Å². The Balaban J connectivity index is 1.76. The van der Waals surface area contributed by atoms with Crippen molar-refractivity contribution in [3.8, 4) is 0 Å². The highest BCUT2D eigenvalue weighted by Gasteiger charge is 2.49. The average molecular weight is 436 g/mol. The first kappa shape index (κ1) is 24.2. The molecule has 0 aromatic carbocycles. The van der Waals surface area contributed by atoms with E-state index in [0.717, 1.165) is 6.42 Å². The van der Waals surface area contributed by atoms with Gasteiger partial charge in [-0.15, -0.1) is 0 Å². The fourth-order valence-electron chi connectivity index (χ4n) is 4.26. The van der Waals surface area contributed by atoms with Crippen molar-refractivity contribution in [3.05, 3.63) is 0 Å². The Morgan fingerprint density at radius 1 is 0.800 bits per heavy atom. The van der Waals surface area contributed by atoms with Gasteiger partial charge < -0.3 is 62.9 Å². The summed E-state index contributed by atoms with van der Waals surface area (Å²) in [6.45, 7) is 1.98. The van der Waals surface area contributed by atoms with E-state index in [1.54, 1.807) is 6.92 Å². The van der Waals surface area contributed by atoms with Gasteiger partial charge in [-0.1, -0.05) is 0 Å². The molecule has 13 atom stereocenters. The molecule has 12 heteroatoms. The molecule has 2 aliphatic heterocycles. The second kappa shape index (κ2) is 9.98. The molecule has 2 heterocycles. The van der Waals surface area contributed by atoms with Crippen molar-refractivity contribution in [1.29, 1.82) is 0 Å². The molecule has 1 aliphatic carbocycles. The van der Waals surface area contributed by atoms with Gasteiger partial charge in [0, 0.05) is 18.6 Å². The zero-order valence-electron chi connectivity index (χ0n) is 17.2. The largest absolute Gasteiger partial charge is 0.389 e. The van der Waals surface area contributed by atoms with Crippen molar-refractivity contribution < 1.29 is 34.3 Å². The third kappa shape index (κ3) is 4.95. The standard InChI is InChI=1S/C18H37N5O7/c1-6-11(23)13(25)14(26)18(27-6)30-16-12(24)9(21)4-10(22)15(16)29-17-8(20)3-2-7(5-19)28-17/h6-18,24-26H,2-5,19-23H2,1H3/t6?,7?,8?,9?,10?,11-,12?,13?,14?,15?,16-,17-,18+/m1/s1. The summed E-state index contributed by atoms with van der Waals surface area (Å²) < 4.78 is 23.4. The molecule has 30 heavy (non-hydrogen) atoms. The Hall–Kier alpha value is -0.480. The third-order valence-corrected chi connectivity index (χ3v) is 6.32. The molecule has 3 rings (SSSR count). The van der Waals surface area contributed by atoms with Crippen molar-refractivity contribution in [1.82, 2.24) is 0 Å². The average Bonchev–Trinajstić information content (AvgIpc) is 2.72. The molecule has 2 saturated heterocycles. The second-order valence-corrected chi connectivity index (χ2v) is 8.63. The maximum Gasteiger partial charge on any atom is 0.187 e. The van der Waals surface area contributed by atoms with Crippen LogP contribution in [0.25, 0.3) is 0 Å². The lowest BCUT2D eigenvalue weighted by Crippen LogP contribution is -2.67. The van der Waals surface area contributed by atoms with Crippen molar-refractivity contribution in [2.75, 3.05) is 6.54 Å². The predicted molar refractivity (Wildman–Crippen MR) is 106 cm³/mol. The first-order valence-corrected chi connectivity index (χ1v) is 10.5. The molecule has 0 spiro atoms. The molecule has 0 amide bonds. The highest BCUT2D eigenvalue weighted by Crippen LogP contribution is 2.31. The fraction of sp³-hybridized carbons (Fsp3) is 1.00. The summed E-state index contributed by atoms with van der Waals surface area (Å²) in [5.74, 6) is 0. The Labute approximate surface area is 175 Å². The van der Waals surface area contributed by atoms with Gasteiger partial charge in [-0.05, 0) is 26.2 Å². The molecular weight excluding hydrogens is 398 g/mol. The van der Waals surface area contributed by atoms with E-state index in [4.69, 9.17) is 47.6 Å². The molecule has 3 fully saturated rings. The molecule has 13 N–H and O–H groups in total. The smallest absolute Gasteiger partial charge is 0.187 e. The van der Waals surface area contributed by atoms with Crippen molar-refractivity contribution in [2.45, 2.75) is 106 Å². The van der Waals surface area contributed by atoms with Crippen molar-refractivity contribution in [3.63, 3.8) is 0 Å². The van der Waals surface area contributed by atoms with Gasteiger partial charge in [0.1, 0.15) is 24.4 Å². The van der Waals surface area contributed by atoms with Crippen LogP contribution in [0.5, 0.6) is 0 Å². The van der Waals surface area contributed by atoms with Gasteiger partial charge in [0.25, 0.3) is 0 Å². The first-order chi connectivity index (χ1) is 14.1. The number of rotatable bonds is 5. The molecule has 0 radical (unpaired) electrons. The van der Waals surface area contributed by atoms with Gasteiger partial charge in [0.05, 0.1) is 30.4 Å². The lowest BCUT2D eigenvalue weighted by atomic mass is 9.84. The molecule has 9 unspecified atom stereocenters. The summed E-state index contributed by atoms with van der Waals surface area (Å²) in [5, 5.41) is 31.3.